The Morgan fingerprint density at radius 1 is 1.38 bits per heavy atom. The third-order valence-electron chi connectivity index (χ3n) is 4.68. The molecule has 1 saturated carbocycles. The number of benzene rings is 1. The van der Waals surface area contributed by atoms with Crippen molar-refractivity contribution in [2.75, 3.05) is 13.1 Å². The fourth-order valence-electron chi connectivity index (χ4n) is 3.18. The summed E-state index contributed by atoms with van der Waals surface area (Å²) in [5.41, 5.74) is 1.76. The van der Waals surface area contributed by atoms with Gasteiger partial charge in [0, 0.05) is 17.6 Å². The van der Waals surface area contributed by atoms with Crippen molar-refractivity contribution < 1.29 is 14.7 Å². The summed E-state index contributed by atoms with van der Waals surface area (Å²) < 4.78 is 0. The molecule has 1 heterocycles. The number of H-pyrrole nitrogens is 1. The molecule has 138 valence electrons. The minimum Gasteiger partial charge on any atom is -0.480 e. The molecule has 0 atom stereocenters. The normalized spacial score (nSPS) is 19.2. The zero-order valence-corrected chi connectivity index (χ0v) is 15.2. The van der Waals surface area contributed by atoms with Crippen LogP contribution in [0.15, 0.2) is 30.3 Å². The Balaban J connectivity index is 1.56. The van der Waals surface area contributed by atoms with Gasteiger partial charge in [0.1, 0.15) is 5.69 Å². The Bertz CT molecular complexity index is 801. The van der Waals surface area contributed by atoms with Gasteiger partial charge >= 0.3 is 5.97 Å². The van der Waals surface area contributed by atoms with Crippen LogP contribution in [0.5, 0.6) is 0 Å². The van der Waals surface area contributed by atoms with E-state index in [1.165, 1.54) is 0 Å². The van der Waals surface area contributed by atoms with Crippen LogP contribution >= 0.6 is 11.6 Å². The largest absolute Gasteiger partial charge is 0.480 e. The van der Waals surface area contributed by atoms with E-state index >= 15 is 0 Å². The first-order chi connectivity index (χ1) is 12.5. The fraction of sp³-hybridized carbons (Fsp3) is 0.389. The topological polar surface area (TPSA) is 98.3 Å². The van der Waals surface area contributed by atoms with E-state index in [9.17, 15) is 9.59 Å². The number of carboxylic acid groups (broad SMARTS) is 1. The maximum absolute atomic E-state index is 12.4. The van der Waals surface area contributed by atoms with Crippen molar-refractivity contribution in [3.8, 4) is 11.3 Å². The van der Waals surface area contributed by atoms with Crippen molar-refractivity contribution in [1.29, 1.82) is 0 Å². The monoisotopic (exact) mass is 376 g/mol. The van der Waals surface area contributed by atoms with Gasteiger partial charge in [0.05, 0.1) is 17.3 Å². The number of hydrogen-bond donors (Lipinski definition) is 3. The van der Waals surface area contributed by atoms with Crippen LogP contribution in [0.2, 0.25) is 5.02 Å². The van der Waals surface area contributed by atoms with Crippen LogP contribution in [0.25, 0.3) is 11.3 Å². The molecule has 2 aromatic rings. The molecule has 26 heavy (non-hydrogen) atoms. The van der Waals surface area contributed by atoms with Crippen LogP contribution in [0, 0.1) is 0 Å². The first-order valence-electron chi connectivity index (χ1n) is 8.55. The van der Waals surface area contributed by atoms with Crippen LogP contribution in [0.1, 0.15) is 30.3 Å². The third-order valence-corrected chi connectivity index (χ3v) is 5.01. The third kappa shape index (κ3) is 4.05. The molecule has 1 amide bonds. The Hall–Kier alpha value is -2.38. The van der Waals surface area contributed by atoms with Crippen molar-refractivity contribution in [2.45, 2.75) is 31.8 Å². The van der Waals surface area contributed by atoms with Gasteiger partial charge in [0.2, 0.25) is 0 Å². The van der Waals surface area contributed by atoms with Crippen molar-refractivity contribution in [3.63, 3.8) is 0 Å². The highest BCUT2D eigenvalue weighted by atomic mass is 35.5. The number of nitrogens with zero attached hydrogens (tertiary/aromatic N) is 2. The van der Waals surface area contributed by atoms with Gasteiger partial charge in [-0.3, -0.25) is 19.6 Å². The molecule has 1 aliphatic rings. The van der Waals surface area contributed by atoms with E-state index in [1.54, 1.807) is 12.1 Å². The number of amides is 1. The molecule has 1 aliphatic carbocycles. The predicted molar refractivity (Wildman–Crippen MR) is 98.2 cm³/mol. The lowest BCUT2D eigenvalue weighted by atomic mass is 9.85. The zero-order chi connectivity index (χ0) is 18.7. The van der Waals surface area contributed by atoms with E-state index in [2.05, 4.69) is 15.5 Å². The van der Waals surface area contributed by atoms with Crippen molar-refractivity contribution in [2.24, 2.45) is 0 Å². The Labute approximate surface area is 156 Å². The second kappa shape index (κ2) is 7.88. The van der Waals surface area contributed by atoms with Gasteiger partial charge in [-0.25, -0.2) is 0 Å². The molecule has 3 N–H and O–H groups in total. The Kier molecular flexibility index (Phi) is 5.58. The molecule has 8 heteroatoms. The van der Waals surface area contributed by atoms with Gasteiger partial charge in [-0.15, -0.1) is 0 Å². The van der Waals surface area contributed by atoms with Gasteiger partial charge in [-0.2, -0.15) is 5.10 Å². The second-order valence-corrected chi connectivity index (χ2v) is 6.81. The van der Waals surface area contributed by atoms with E-state index in [-0.39, 0.29) is 24.5 Å². The van der Waals surface area contributed by atoms with Crippen molar-refractivity contribution in [3.05, 3.63) is 41.0 Å². The highest BCUT2D eigenvalue weighted by Gasteiger charge is 2.35. The van der Waals surface area contributed by atoms with E-state index in [0.29, 0.717) is 23.0 Å². The molecule has 3 rings (SSSR count). The van der Waals surface area contributed by atoms with Crippen LogP contribution < -0.4 is 5.32 Å². The number of aliphatic carboxylic acids is 1. The van der Waals surface area contributed by atoms with E-state index < -0.39 is 5.97 Å². The number of carbonyl (C=O) groups excluding carboxylic acids is 1. The standard InChI is InChI=1S/C18H21ClN4O3/c1-2-23(10-17(24)25)12-7-11(8-12)20-18(26)16-9-15(21-22-16)13-5-3-4-6-14(13)19/h3-6,9,11-12H,2,7-8,10H2,1H3,(H,20,26)(H,21,22)(H,24,25). The van der Waals surface area contributed by atoms with Crippen LogP contribution in [0.3, 0.4) is 0 Å². The predicted octanol–water partition coefficient (Wildman–Crippen LogP) is 2.40. The molecule has 7 nitrogen and oxygen atoms in total. The van der Waals surface area contributed by atoms with Crippen LogP contribution in [-0.4, -0.2) is 57.3 Å². The van der Waals surface area contributed by atoms with E-state index in [4.69, 9.17) is 16.7 Å². The number of hydrogen-bond acceptors (Lipinski definition) is 4. The number of nitrogens with one attached hydrogen (secondary N) is 2. The summed E-state index contributed by atoms with van der Waals surface area (Å²) in [4.78, 5) is 25.2. The maximum atomic E-state index is 12.4. The summed E-state index contributed by atoms with van der Waals surface area (Å²) in [6.07, 6.45) is 1.50. The summed E-state index contributed by atoms with van der Waals surface area (Å²) in [6.45, 7) is 2.65. The molecule has 0 spiro atoms. The summed E-state index contributed by atoms with van der Waals surface area (Å²) in [5.74, 6) is -1.05. The molecule has 1 aromatic heterocycles. The minimum atomic E-state index is -0.830. The van der Waals surface area contributed by atoms with Crippen molar-refractivity contribution in [1.82, 2.24) is 20.4 Å². The van der Waals surface area contributed by atoms with Crippen LogP contribution in [-0.2, 0) is 4.79 Å². The van der Waals surface area contributed by atoms with E-state index in [1.807, 2.05) is 30.0 Å². The smallest absolute Gasteiger partial charge is 0.317 e. The summed E-state index contributed by atoms with van der Waals surface area (Å²) in [6, 6.07) is 9.23. The number of aromatic amines is 1. The molecule has 0 radical (unpaired) electrons. The van der Waals surface area contributed by atoms with Crippen LogP contribution in [0.4, 0.5) is 0 Å². The lowest BCUT2D eigenvalue weighted by molar-refractivity contribution is -0.139. The quantitative estimate of drug-likeness (QED) is 0.689. The van der Waals surface area contributed by atoms with Gasteiger partial charge < -0.3 is 10.4 Å². The number of carbonyl (C=O) groups is 2. The highest BCUT2D eigenvalue weighted by molar-refractivity contribution is 6.33. The van der Waals surface area contributed by atoms with Crippen molar-refractivity contribution >= 4 is 23.5 Å². The molecule has 1 aromatic carbocycles. The van der Waals surface area contributed by atoms with Gasteiger partial charge in [0.15, 0.2) is 0 Å². The molecule has 0 bridgehead atoms. The number of rotatable bonds is 7. The van der Waals surface area contributed by atoms with Gasteiger partial charge in [-0.1, -0.05) is 36.7 Å². The molecule has 0 saturated heterocycles. The second-order valence-electron chi connectivity index (χ2n) is 6.40. The Morgan fingerprint density at radius 2 is 2.12 bits per heavy atom. The number of likely N-dealkylation sites (N-methyl/N-ethyl adjacent to an activating group) is 1. The first kappa shape index (κ1) is 18.4. The van der Waals surface area contributed by atoms with Gasteiger partial charge in [0.25, 0.3) is 5.91 Å². The zero-order valence-electron chi connectivity index (χ0n) is 14.4. The maximum Gasteiger partial charge on any atom is 0.317 e. The fourth-order valence-corrected chi connectivity index (χ4v) is 3.42. The lowest BCUT2D eigenvalue weighted by Gasteiger charge is -2.42. The average molecular weight is 377 g/mol. The SMILES string of the molecule is CCN(CC(=O)O)C1CC(NC(=O)c2cc(-c3ccccc3Cl)n[nH]2)C1. The van der Waals surface area contributed by atoms with Gasteiger partial charge in [-0.05, 0) is 31.5 Å². The van der Waals surface area contributed by atoms with E-state index in [0.717, 1.165) is 18.4 Å². The molecular formula is C18H21ClN4O3. The first-order valence-corrected chi connectivity index (χ1v) is 8.92. The number of aromatic nitrogens is 2. The number of halogens is 1. The molecule has 1 fully saturated rings. The number of carboxylic acids is 1. The Morgan fingerprint density at radius 3 is 2.77 bits per heavy atom. The average Bonchev–Trinajstić information content (AvgIpc) is 3.06. The summed E-state index contributed by atoms with van der Waals surface area (Å²) in [7, 11) is 0. The minimum absolute atomic E-state index is 0.0313. The summed E-state index contributed by atoms with van der Waals surface area (Å²) >= 11 is 6.16. The highest BCUT2D eigenvalue weighted by Crippen LogP contribution is 2.27. The molecular weight excluding hydrogens is 356 g/mol. The lowest BCUT2D eigenvalue weighted by Crippen LogP contribution is -2.54. The summed E-state index contributed by atoms with van der Waals surface area (Å²) in [5, 5.41) is 19.4. The molecule has 0 aliphatic heterocycles. The molecule has 0 unspecified atom stereocenters.